The third-order valence-corrected chi connectivity index (χ3v) is 5.75. The summed E-state index contributed by atoms with van der Waals surface area (Å²) in [6.07, 6.45) is 5.82. The lowest BCUT2D eigenvalue weighted by Crippen LogP contribution is -2.48. The Morgan fingerprint density at radius 2 is 1.84 bits per heavy atom. The van der Waals surface area contributed by atoms with Crippen molar-refractivity contribution in [1.29, 1.82) is 0 Å². The summed E-state index contributed by atoms with van der Waals surface area (Å²) < 4.78 is 0. The van der Waals surface area contributed by atoms with E-state index in [1.807, 2.05) is 29.2 Å². The number of amides is 1. The van der Waals surface area contributed by atoms with Crippen molar-refractivity contribution in [3.05, 3.63) is 46.8 Å². The van der Waals surface area contributed by atoms with E-state index in [2.05, 4.69) is 14.9 Å². The fraction of sp³-hybridized carbons (Fsp3) is 0.389. The Hall–Kier alpha value is -1.85. The molecule has 1 aromatic carbocycles. The number of hydrogen-bond acceptors (Lipinski definition) is 4. The van der Waals surface area contributed by atoms with Crippen molar-refractivity contribution >= 4 is 40.6 Å². The molecule has 1 spiro atoms. The Bertz CT molecular complexity index is 815. The first-order valence-corrected chi connectivity index (χ1v) is 9.14. The maximum Gasteiger partial charge on any atom is 0.235 e. The molecule has 7 heteroatoms. The lowest BCUT2D eigenvalue weighted by atomic mass is 9.78. The number of nitrogens with zero attached hydrogens (tertiary/aromatic N) is 4. The minimum absolute atomic E-state index is 0.144. The highest BCUT2D eigenvalue weighted by Crippen LogP contribution is 2.44. The Morgan fingerprint density at radius 3 is 2.64 bits per heavy atom. The molecule has 130 valence electrons. The maximum atomic E-state index is 13.3. The molecule has 2 aromatic rings. The van der Waals surface area contributed by atoms with Crippen LogP contribution in [0.1, 0.15) is 19.3 Å². The van der Waals surface area contributed by atoms with Crippen molar-refractivity contribution in [3.8, 4) is 0 Å². The number of hydrogen-bond donors (Lipinski definition) is 0. The van der Waals surface area contributed by atoms with Crippen molar-refractivity contribution < 1.29 is 4.79 Å². The Morgan fingerprint density at radius 1 is 1.04 bits per heavy atom. The normalized spacial score (nSPS) is 23.5. The predicted molar refractivity (Wildman–Crippen MR) is 99.3 cm³/mol. The molecular weight excluding hydrogens is 359 g/mol. The van der Waals surface area contributed by atoms with E-state index in [0.29, 0.717) is 29.1 Å². The van der Waals surface area contributed by atoms with Gasteiger partial charge in [-0.05, 0) is 31.4 Å². The van der Waals surface area contributed by atoms with E-state index >= 15 is 0 Å². The van der Waals surface area contributed by atoms with Crippen LogP contribution in [0, 0.1) is 5.41 Å². The number of anilines is 2. The number of rotatable bonds is 2. The number of carbonyl (C=O) groups excluding carboxylic acids is 1. The van der Waals surface area contributed by atoms with Crippen molar-refractivity contribution in [2.75, 3.05) is 29.4 Å². The van der Waals surface area contributed by atoms with Crippen LogP contribution in [0.25, 0.3) is 0 Å². The molecule has 1 atom stereocenters. The first-order valence-electron chi connectivity index (χ1n) is 8.39. The van der Waals surface area contributed by atoms with Gasteiger partial charge < -0.3 is 9.80 Å². The fourth-order valence-corrected chi connectivity index (χ4v) is 4.40. The largest absolute Gasteiger partial charge is 0.353 e. The molecule has 2 fully saturated rings. The zero-order valence-corrected chi connectivity index (χ0v) is 15.2. The van der Waals surface area contributed by atoms with Gasteiger partial charge >= 0.3 is 0 Å². The summed E-state index contributed by atoms with van der Waals surface area (Å²) in [5, 5.41) is 0.991. The topological polar surface area (TPSA) is 49.3 Å². The summed E-state index contributed by atoms with van der Waals surface area (Å²) in [4.78, 5) is 25.7. The summed E-state index contributed by atoms with van der Waals surface area (Å²) in [5.41, 5.74) is 0.388. The number of carbonyl (C=O) groups is 1. The molecule has 1 amide bonds. The van der Waals surface area contributed by atoms with Gasteiger partial charge in [0, 0.05) is 32.0 Å². The van der Waals surface area contributed by atoms with Crippen molar-refractivity contribution in [1.82, 2.24) is 9.97 Å². The van der Waals surface area contributed by atoms with Gasteiger partial charge in [-0.3, -0.25) is 4.79 Å². The molecule has 1 aromatic heterocycles. The highest BCUT2D eigenvalue weighted by Gasteiger charge is 2.50. The summed E-state index contributed by atoms with van der Waals surface area (Å²) in [7, 11) is 0. The number of halogens is 2. The van der Waals surface area contributed by atoms with E-state index in [1.54, 1.807) is 12.4 Å². The van der Waals surface area contributed by atoms with Gasteiger partial charge in [-0.25, -0.2) is 9.97 Å². The molecule has 0 aliphatic carbocycles. The van der Waals surface area contributed by atoms with E-state index in [4.69, 9.17) is 23.2 Å². The second-order valence-corrected chi connectivity index (χ2v) is 7.40. The van der Waals surface area contributed by atoms with Crippen LogP contribution in [-0.4, -0.2) is 35.5 Å². The van der Waals surface area contributed by atoms with Gasteiger partial charge in [0.25, 0.3) is 0 Å². The Balaban J connectivity index is 1.61. The molecule has 0 N–H and O–H groups in total. The molecule has 0 saturated carbocycles. The molecule has 2 aliphatic heterocycles. The first-order chi connectivity index (χ1) is 12.1. The van der Waals surface area contributed by atoms with Crippen molar-refractivity contribution in [3.63, 3.8) is 0 Å². The van der Waals surface area contributed by atoms with E-state index < -0.39 is 5.41 Å². The van der Waals surface area contributed by atoms with Gasteiger partial charge in [0.1, 0.15) is 0 Å². The van der Waals surface area contributed by atoms with E-state index in [0.717, 1.165) is 31.5 Å². The summed E-state index contributed by atoms with van der Waals surface area (Å²) in [5.74, 6) is 0.803. The van der Waals surface area contributed by atoms with Crippen LogP contribution in [0.3, 0.4) is 0 Å². The van der Waals surface area contributed by atoms with Gasteiger partial charge in [-0.2, -0.15) is 0 Å². The van der Waals surface area contributed by atoms with Gasteiger partial charge in [-0.1, -0.05) is 35.3 Å². The molecule has 0 radical (unpaired) electrons. The molecule has 25 heavy (non-hydrogen) atoms. The molecule has 0 bridgehead atoms. The Labute approximate surface area is 156 Å². The smallest absolute Gasteiger partial charge is 0.235 e. The highest BCUT2D eigenvalue weighted by atomic mass is 35.5. The third-order valence-electron chi connectivity index (χ3n) is 5.17. The monoisotopic (exact) mass is 376 g/mol. The van der Waals surface area contributed by atoms with Crippen LogP contribution < -0.4 is 9.80 Å². The molecule has 2 saturated heterocycles. The SMILES string of the molecule is O=C1N(c2ccccc2Cl)CC[C@@]12CCCN(c1nccnc1Cl)C2. The molecule has 0 unspecified atom stereocenters. The number of piperidine rings is 1. The van der Waals surface area contributed by atoms with Crippen LogP contribution in [-0.2, 0) is 4.79 Å². The average Bonchev–Trinajstić information content (AvgIpc) is 2.92. The molecule has 4 rings (SSSR count). The third kappa shape index (κ3) is 2.85. The quantitative estimate of drug-likeness (QED) is 0.799. The molecule has 5 nitrogen and oxygen atoms in total. The zero-order valence-electron chi connectivity index (χ0n) is 13.7. The molecule has 2 aliphatic rings. The second-order valence-electron chi connectivity index (χ2n) is 6.63. The van der Waals surface area contributed by atoms with Crippen molar-refractivity contribution in [2.45, 2.75) is 19.3 Å². The Kier molecular flexibility index (Phi) is 4.29. The van der Waals surface area contributed by atoms with Crippen LogP contribution in [0.15, 0.2) is 36.7 Å². The standard InChI is InChI=1S/C18H18Cl2N4O/c19-13-4-1-2-5-14(13)24-11-7-18(17(24)25)6-3-10-23(12-18)16-15(20)21-8-9-22-16/h1-2,4-5,8-9H,3,6-7,10-12H2/t18-/m1/s1. The molecule has 3 heterocycles. The van der Waals surface area contributed by atoms with Gasteiger partial charge in [-0.15, -0.1) is 0 Å². The minimum atomic E-state index is -0.404. The van der Waals surface area contributed by atoms with Crippen LogP contribution in [0.2, 0.25) is 10.2 Å². The molecular formula is C18H18Cl2N4O. The number of benzene rings is 1. The number of para-hydroxylation sites is 1. The van der Waals surface area contributed by atoms with Gasteiger partial charge in [0.2, 0.25) is 5.91 Å². The summed E-state index contributed by atoms with van der Waals surface area (Å²) in [6.45, 7) is 2.13. The summed E-state index contributed by atoms with van der Waals surface area (Å²) >= 11 is 12.5. The maximum absolute atomic E-state index is 13.3. The average molecular weight is 377 g/mol. The van der Waals surface area contributed by atoms with E-state index in [1.165, 1.54) is 0 Å². The lowest BCUT2D eigenvalue weighted by Gasteiger charge is -2.39. The fourth-order valence-electron chi connectivity index (χ4n) is 3.94. The summed E-state index contributed by atoms with van der Waals surface area (Å²) in [6, 6.07) is 7.51. The first kappa shape index (κ1) is 16.6. The van der Waals surface area contributed by atoms with Crippen LogP contribution in [0.5, 0.6) is 0 Å². The van der Waals surface area contributed by atoms with E-state index in [-0.39, 0.29) is 5.91 Å². The highest BCUT2D eigenvalue weighted by molar-refractivity contribution is 6.34. The number of aromatic nitrogens is 2. The van der Waals surface area contributed by atoms with Gasteiger partial charge in [0.15, 0.2) is 11.0 Å². The van der Waals surface area contributed by atoms with Crippen LogP contribution in [0.4, 0.5) is 11.5 Å². The van der Waals surface area contributed by atoms with Crippen molar-refractivity contribution in [2.24, 2.45) is 5.41 Å². The second kappa shape index (κ2) is 6.46. The van der Waals surface area contributed by atoms with Gasteiger partial charge in [0.05, 0.1) is 16.1 Å². The minimum Gasteiger partial charge on any atom is -0.353 e. The zero-order chi connectivity index (χ0) is 17.4. The van der Waals surface area contributed by atoms with Crippen LogP contribution >= 0.6 is 23.2 Å². The van der Waals surface area contributed by atoms with E-state index in [9.17, 15) is 4.79 Å². The predicted octanol–water partition coefficient (Wildman–Crippen LogP) is 3.81. The lowest BCUT2D eigenvalue weighted by molar-refractivity contribution is -0.126.